The number of hydrogen-bond donors (Lipinski definition) is 1. The van der Waals surface area contributed by atoms with E-state index in [4.69, 9.17) is 23.2 Å². The third kappa shape index (κ3) is 7.35. The second-order valence-electron chi connectivity index (χ2n) is 8.31. The van der Waals surface area contributed by atoms with Crippen molar-refractivity contribution in [2.45, 2.75) is 52.7 Å². The highest BCUT2D eigenvalue weighted by atomic mass is 35.5. The fraction of sp³-hybridized carbons (Fsp3) is 0.417. The molecule has 0 bridgehead atoms. The maximum Gasteiger partial charge on any atom is 0.244 e. The van der Waals surface area contributed by atoms with Gasteiger partial charge in [0.15, 0.2) is 0 Å². The number of aryl methyl sites for hydroxylation is 1. The molecule has 0 spiro atoms. The molecule has 2 aromatic carbocycles. The minimum absolute atomic E-state index is 0.00923. The normalized spacial score (nSPS) is 13.1. The minimum atomic E-state index is -3.78. The van der Waals surface area contributed by atoms with Crippen molar-refractivity contribution in [2.75, 3.05) is 17.1 Å². The van der Waals surface area contributed by atoms with Gasteiger partial charge in [0.1, 0.15) is 12.6 Å². The Bertz CT molecular complexity index is 1140. The number of sulfonamides is 1. The molecule has 0 aliphatic heterocycles. The largest absolute Gasteiger partial charge is 0.352 e. The highest BCUT2D eigenvalue weighted by Gasteiger charge is 2.31. The zero-order valence-electron chi connectivity index (χ0n) is 20.0. The first-order valence-corrected chi connectivity index (χ1v) is 13.5. The molecule has 0 saturated heterocycles. The summed E-state index contributed by atoms with van der Waals surface area (Å²) in [6, 6.07) is 10.8. The first-order chi connectivity index (χ1) is 15.8. The van der Waals surface area contributed by atoms with E-state index in [0.29, 0.717) is 26.9 Å². The lowest BCUT2D eigenvalue weighted by Crippen LogP contribution is -2.52. The molecule has 2 atom stereocenters. The van der Waals surface area contributed by atoms with Crippen LogP contribution in [0.2, 0.25) is 10.0 Å². The van der Waals surface area contributed by atoms with Crippen LogP contribution in [0.4, 0.5) is 5.69 Å². The number of rotatable bonds is 10. The number of nitrogens with one attached hydrogen (secondary N) is 1. The molecule has 7 nitrogen and oxygen atoms in total. The molecule has 0 aliphatic rings. The van der Waals surface area contributed by atoms with E-state index in [1.807, 2.05) is 13.8 Å². The molecule has 0 aromatic heterocycles. The van der Waals surface area contributed by atoms with Crippen LogP contribution in [0.1, 0.15) is 38.3 Å². The van der Waals surface area contributed by atoms with Crippen molar-refractivity contribution in [1.29, 1.82) is 0 Å². The molecule has 34 heavy (non-hydrogen) atoms. The lowest BCUT2D eigenvalue weighted by Gasteiger charge is -2.32. The van der Waals surface area contributed by atoms with E-state index < -0.39 is 28.5 Å². The van der Waals surface area contributed by atoms with E-state index in [2.05, 4.69) is 5.32 Å². The molecule has 2 rings (SSSR count). The number of hydrogen-bond acceptors (Lipinski definition) is 4. The summed E-state index contributed by atoms with van der Waals surface area (Å²) in [5, 5.41) is 3.67. The number of para-hydroxylation sites is 1. The Hall–Kier alpha value is -2.29. The molecule has 0 unspecified atom stereocenters. The number of carbonyl (C=O) groups excluding carboxylic acids is 2. The van der Waals surface area contributed by atoms with Crippen LogP contribution in [0.25, 0.3) is 0 Å². The summed E-state index contributed by atoms with van der Waals surface area (Å²) in [4.78, 5) is 27.8. The second kappa shape index (κ2) is 11.9. The van der Waals surface area contributed by atoms with Crippen LogP contribution < -0.4 is 9.62 Å². The Morgan fingerprint density at radius 1 is 1.09 bits per heavy atom. The predicted molar refractivity (Wildman–Crippen MR) is 138 cm³/mol. The SMILES string of the molecule is CC[C@@H](C)NC(=O)[C@@H](C)N(Cc1ccc(Cl)cc1Cl)C(=O)CN(c1ccccc1C)S(C)(=O)=O. The van der Waals surface area contributed by atoms with Gasteiger partial charge in [-0.1, -0.05) is 54.4 Å². The molecule has 1 N–H and O–H groups in total. The fourth-order valence-electron chi connectivity index (χ4n) is 3.32. The van der Waals surface area contributed by atoms with Crippen molar-refractivity contribution in [3.63, 3.8) is 0 Å². The lowest BCUT2D eigenvalue weighted by molar-refractivity contribution is -0.139. The van der Waals surface area contributed by atoms with Crippen LogP contribution in [0, 0.1) is 6.92 Å². The van der Waals surface area contributed by atoms with E-state index in [9.17, 15) is 18.0 Å². The summed E-state index contributed by atoms with van der Waals surface area (Å²) in [6.45, 7) is 6.74. The lowest BCUT2D eigenvalue weighted by atomic mass is 10.1. The second-order valence-corrected chi connectivity index (χ2v) is 11.1. The van der Waals surface area contributed by atoms with Crippen LogP contribution >= 0.6 is 23.2 Å². The van der Waals surface area contributed by atoms with E-state index in [1.54, 1.807) is 56.3 Å². The topological polar surface area (TPSA) is 86.8 Å². The molecule has 0 radical (unpaired) electrons. The van der Waals surface area contributed by atoms with Gasteiger partial charge in [-0.15, -0.1) is 0 Å². The van der Waals surface area contributed by atoms with Crippen LogP contribution in [-0.4, -0.2) is 50.0 Å². The number of nitrogens with zero attached hydrogens (tertiary/aromatic N) is 2. The summed E-state index contributed by atoms with van der Waals surface area (Å²) in [5.74, 6) is -0.874. The molecule has 2 amide bonds. The van der Waals surface area contributed by atoms with Gasteiger partial charge in [0.25, 0.3) is 0 Å². The third-order valence-electron chi connectivity index (χ3n) is 5.59. The van der Waals surface area contributed by atoms with Crippen molar-refractivity contribution >= 4 is 50.7 Å². The molecular formula is C24H31Cl2N3O4S. The summed E-state index contributed by atoms with van der Waals surface area (Å²) in [7, 11) is -3.78. The van der Waals surface area contributed by atoms with E-state index in [-0.39, 0.29) is 18.5 Å². The molecule has 0 fully saturated rings. The highest BCUT2D eigenvalue weighted by Crippen LogP contribution is 2.25. The summed E-state index contributed by atoms with van der Waals surface area (Å²) in [5.41, 5.74) is 1.69. The smallest absolute Gasteiger partial charge is 0.244 e. The highest BCUT2D eigenvalue weighted by molar-refractivity contribution is 7.92. The van der Waals surface area contributed by atoms with Crippen molar-refractivity contribution in [3.8, 4) is 0 Å². The van der Waals surface area contributed by atoms with Gasteiger partial charge in [-0.2, -0.15) is 0 Å². The molecule has 186 valence electrons. The monoisotopic (exact) mass is 527 g/mol. The van der Waals surface area contributed by atoms with Crippen molar-refractivity contribution in [3.05, 3.63) is 63.6 Å². The third-order valence-corrected chi connectivity index (χ3v) is 7.30. The predicted octanol–water partition coefficient (Wildman–Crippen LogP) is 4.40. The van der Waals surface area contributed by atoms with Gasteiger partial charge >= 0.3 is 0 Å². The summed E-state index contributed by atoms with van der Waals surface area (Å²) >= 11 is 12.3. The zero-order chi connectivity index (χ0) is 25.6. The fourth-order valence-corrected chi connectivity index (χ4v) is 4.69. The van der Waals surface area contributed by atoms with Gasteiger partial charge in [0.05, 0.1) is 11.9 Å². The van der Waals surface area contributed by atoms with Crippen molar-refractivity contribution in [2.24, 2.45) is 0 Å². The minimum Gasteiger partial charge on any atom is -0.352 e. The Kier molecular flexibility index (Phi) is 9.79. The number of anilines is 1. The van der Waals surface area contributed by atoms with E-state index >= 15 is 0 Å². The molecule has 10 heteroatoms. The van der Waals surface area contributed by atoms with Gasteiger partial charge in [-0.25, -0.2) is 8.42 Å². The number of amides is 2. The summed E-state index contributed by atoms with van der Waals surface area (Å²) in [6.07, 6.45) is 1.77. The standard InChI is InChI=1S/C24H31Cl2N3O4S/c1-6-17(3)27-24(31)18(4)28(14-19-11-12-20(25)13-21(19)26)23(30)15-29(34(5,32)33)22-10-8-7-9-16(22)2/h7-13,17-18H,6,14-15H2,1-5H3,(H,27,31)/t17-,18-/m1/s1. The molecule has 2 aromatic rings. The van der Waals surface area contributed by atoms with Crippen LogP contribution in [0.15, 0.2) is 42.5 Å². The quantitative estimate of drug-likeness (QED) is 0.495. The average molecular weight is 529 g/mol. The number of carbonyl (C=O) groups is 2. The van der Waals surface area contributed by atoms with Gasteiger partial charge < -0.3 is 10.2 Å². The van der Waals surface area contributed by atoms with Crippen molar-refractivity contribution < 1.29 is 18.0 Å². The van der Waals surface area contributed by atoms with Gasteiger partial charge in [0, 0.05) is 22.6 Å². The van der Waals surface area contributed by atoms with Crippen molar-refractivity contribution in [1.82, 2.24) is 10.2 Å². The van der Waals surface area contributed by atoms with E-state index in [0.717, 1.165) is 17.0 Å². The Balaban J connectivity index is 2.43. The molecule has 0 heterocycles. The first-order valence-electron chi connectivity index (χ1n) is 10.9. The van der Waals surface area contributed by atoms with E-state index in [1.165, 1.54) is 4.90 Å². The number of halogens is 2. The average Bonchev–Trinajstić information content (AvgIpc) is 2.76. The van der Waals surface area contributed by atoms with Gasteiger partial charge in [0.2, 0.25) is 21.8 Å². The first kappa shape index (κ1) is 28.0. The van der Waals surface area contributed by atoms with Crippen LogP contribution in [-0.2, 0) is 26.2 Å². The maximum atomic E-state index is 13.5. The molecular weight excluding hydrogens is 497 g/mol. The Morgan fingerprint density at radius 2 is 1.74 bits per heavy atom. The van der Waals surface area contributed by atoms with Crippen LogP contribution in [0.3, 0.4) is 0 Å². The van der Waals surface area contributed by atoms with Gasteiger partial charge in [-0.3, -0.25) is 13.9 Å². The number of benzene rings is 2. The Labute approximate surface area is 212 Å². The maximum absolute atomic E-state index is 13.5. The zero-order valence-corrected chi connectivity index (χ0v) is 22.3. The molecule has 0 saturated carbocycles. The molecule has 0 aliphatic carbocycles. The van der Waals surface area contributed by atoms with Crippen LogP contribution in [0.5, 0.6) is 0 Å². The van der Waals surface area contributed by atoms with Gasteiger partial charge in [-0.05, 0) is 56.5 Å². The summed E-state index contributed by atoms with van der Waals surface area (Å²) < 4.78 is 26.3. The Morgan fingerprint density at radius 3 is 2.29 bits per heavy atom.